The number of nitrogens with zero attached hydrogens (tertiary/aromatic N) is 1. The molecule has 0 spiro atoms. The molecule has 0 aromatic carbocycles. The van der Waals surface area contributed by atoms with E-state index in [0.29, 0.717) is 13.0 Å². The molecule has 1 heterocycles. The van der Waals surface area contributed by atoms with Crippen molar-refractivity contribution in [3.05, 3.63) is 46.9 Å². The summed E-state index contributed by atoms with van der Waals surface area (Å²) in [5.74, 6) is 0. The Morgan fingerprint density at radius 3 is 2.79 bits per heavy atom. The normalized spacial score (nSPS) is 10.8. The van der Waals surface area contributed by atoms with Gasteiger partial charge in [-0.25, -0.2) is 9.36 Å². The summed E-state index contributed by atoms with van der Waals surface area (Å²) in [6, 6.07) is 4.54. The second-order valence-corrected chi connectivity index (χ2v) is 4.28. The molecule has 0 aliphatic rings. The SMILES string of the molecule is CCCCC/C=C/CCOC(=O)n1ccccc1=O. The van der Waals surface area contributed by atoms with Crippen LogP contribution in [0.3, 0.4) is 0 Å². The Hall–Kier alpha value is -1.84. The van der Waals surface area contributed by atoms with Crippen LogP contribution in [-0.4, -0.2) is 17.3 Å². The van der Waals surface area contributed by atoms with Gasteiger partial charge < -0.3 is 4.74 Å². The van der Waals surface area contributed by atoms with Gasteiger partial charge in [0, 0.05) is 12.3 Å². The largest absolute Gasteiger partial charge is 0.449 e. The zero-order valence-electron chi connectivity index (χ0n) is 11.4. The van der Waals surface area contributed by atoms with Gasteiger partial charge in [-0.05, 0) is 25.3 Å². The lowest BCUT2D eigenvalue weighted by atomic mass is 10.2. The van der Waals surface area contributed by atoms with E-state index < -0.39 is 6.09 Å². The van der Waals surface area contributed by atoms with Crippen molar-refractivity contribution in [1.29, 1.82) is 0 Å². The predicted molar refractivity (Wildman–Crippen MR) is 75.3 cm³/mol. The number of carbonyl (C=O) groups excluding carboxylic acids is 1. The lowest BCUT2D eigenvalue weighted by molar-refractivity contribution is 0.149. The number of rotatable bonds is 7. The van der Waals surface area contributed by atoms with Crippen molar-refractivity contribution in [2.75, 3.05) is 6.61 Å². The molecule has 0 N–H and O–H groups in total. The molecular formula is C15H21NO3. The van der Waals surface area contributed by atoms with Crippen molar-refractivity contribution in [2.45, 2.75) is 39.0 Å². The standard InChI is InChI=1S/C15H21NO3/c1-2-3-4-5-6-7-10-13-19-15(18)16-12-9-8-11-14(16)17/h6-9,11-12H,2-5,10,13H2,1H3/b7-6+. The number of ether oxygens (including phenoxy) is 1. The van der Waals surface area contributed by atoms with Crippen molar-refractivity contribution in [1.82, 2.24) is 4.57 Å². The summed E-state index contributed by atoms with van der Waals surface area (Å²) in [7, 11) is 0. The fourth-order valence-corrected chi connectivity index (χ4v) is 1.61. The van der Waals surface area contributed by atoms with Gasteiger partial charge in [-0.15, -0.1) is 0 Å². The van der Waals surface area contributed by atoms with Crippen LogP contribution >= 0.6 is 0 Å². The minimum absolute atomic E-state index is 0.296. The first-order valence-electron chi connectivity index (χ1n) is 6.75. The van der Waals surface area contributed by atoms with E-state index in [1.807, 2.05) is 6.08 Å². The minimum atomic E-state index is -0.620. The highest BCUT2D eigenvalue weighted by molar-refractivity contribution is 5.70. The van der Waals surface area contributed by atoms with E-state index in [9.17, 15) is 9.59 Å². The van der Waals surface area contributed by atoms with E-state index in [4.69, 9.17) is 4.74 Å². The first-order chi connectivity index (χ1) is 9.25. The molecule has 0 aliphatic carbocycles. The number of carbonyl (C=O) groups is 1. The van der Waals surface area contributed by atoms with Crippen molar-refractivity contribution < 1.29 is 9.53 Å². The Labute approximate surface area is 113 Å². The number of aromatic nitrogens is 1. The zero-order chi connectivity index (χ0) is 13.9. The summed E-state index contributed by atoms with van der Waals surface area (Å²) >= 11 is 0. The first-order valence-corrected chi connectivity index (χ1v) is 6.75. The molecule has 0 atom stereocenters. The summed E-state index contributed by atoms with van der Waals surface area (Å²) in [6.07, 6.45) is 10.3. The van der Waals surface area contributed by atoms with Gasteiger partial charge >= 0.3 is 6.09 Å². The van der Waals surface area contributed by atoms with Crippen LogP contribution in [0.4, 0.5) is 4.79 Å². The zero-order valence-corrected chi connectivity index (χ0v) is 11.4. The molecule has 0 bridgehead atoms. The molecule has 1 rings (SSSR count). The van der Waals surface area contributed by atoms with Gasteiger partial charge in [0.15, 0.2) is 0 Å². The van der Waals surface area contributed by atoms with Crippen LogP contribution in [0.25, 0.3) is 0 Å². The monoisotopic (exact) mass is 263 g/mol. The molecule has 104 valence electrons. The van der Waals surface area contributed by atoms with Gasteiger partial charge in [-0.3, -0.25) is 4.79 Å². The summed E-state index contributed by atoms with van der Waals surface area (Å²) in [6.45, 7) is 2.47. The van der Waals surface area contributed by atoms with Gasteiger partial charge in [0.1, 0.15) is 0 Å². The molecule has 0 saturated carbocycles. The topological polar surface area (TPSA) is 48.3 Å². The average Bonchev–Trinajstić information content (AvgIpc) is 2.42. The highest BCUT2D eigenvalue weighted by Crippen LogP contribution is 2.00. The van der Waals surface area contributed by atoms with E-state index in [0.717, 1.165) is 11.0 Å². The molecule has 0 fully saturated rings. The summed E-state index contributed by atoms with van der Waals surface area (Å²) in [5.41, 5.74) is -0.373. The number of allylic oxidation sites excluding steroid dienone is 1. The predicted octanol–water partition coefficient (Wildman–Crippen LogP) is 3.36. The first kappa shape index (κ1) is 15.2. The smallest absolute Gasteiger partial charge is 0.420 e. The number of unbranched alkanes of at least 4 members (excludes halogenated alkanes) is 3. The highest BCUT2D eigenvalue weighted by atomic mass is 16.5. The number of hydrogen-bond acceptors (Lipinski definition) is 3. The summed E-state index contributed by atoms with van der Waals surface area (Å²) in [5, 5.41) is 0. The summed E-state index contributed by atoms with van der Waals surface area (Å²) in [4.78, 5) is 22.9. The molecule has 4 nitrogen and oxygen atoms in total. The Morgan fingerprint density at radius 1 is 1.26 bits per heavy atom. The molecule has 0 amide bonds. The molecule has 0 aliphatic heterocycles. The van der Waals surface area contributed by atoms with E-state index in [2.05, 4.69) is 13.0 Å². The van der Waals surface area contributed by atoms with Crippen LogP contribution in [-0.2, 0) is 4.74 Å². The van der Waals surface area contributed by atoms with Crippen LogP contribution in [0.2, 0.25) is 0 Å². The van der Waals surface area contributed by atoms with Crippen molar-refractivity contribution >= 4 is 6.09 Å². The van der Waals surface area contributed by atoms with Crippen LogP contribution in [0.1, 0.15) is 39.0 Å². The van der Waals surface area contributed by atoms with Crippen LogP contribution in [0.15, 0.2) is 41.3 Å². The lowest BCUT2D eigenvalue weighted by Gasteiger charge is -2.04. The molecule has 1 aromatic rings. The van der Waals surface area contributed by atoms with Gasteiger partial charge in [-0.2, -0.15) is 0 Å². The maximum absolute atomic E-state index is 11.6. The van der Waals surface area contributed by atoms with Gasteiger partial charge in [0.25, 0.3) is 5.56 Å². The second-order valence-electron chi connectivity index (χ2n) is 4.28. The fourth-order valence-electron chi connectivity index (χ4n) is 1.61. The third kappa shape index (κ3) is 6.04. The quantitative estimate of drug-likeness (QED) is 0.560. The van der Waals surface area contributed by atoms with Gasteiger partial charge in [0.05, 0.1) is 6.61 Å². The molecule has 19 heavy (non-hydrogen) atoms. The molecule has 0 radical (unpaired) electrons. The molecular weight excluding hydrogens is 242 g/mol. The Balaban J connectivity index is 2.21. The second kappa shape index (κ2) is 9.14. The van der Waals surface area contributed by atoms with Crippen LogP contribution in [0.5, 0.6) is 0 Å². The van der Waals surface area contributed by atoms with Crippen molar-refractivity contribution in [2.24, 2.45) is 0 Å². The van der Waals surface area contributed by atoms with Gasteiger partial charge in [0.2, 0.25) is 0 Å². The molecule has 0 unspecified atom stereocenters. The molecule has 1 aromatic heterocycles. The maximum atomic E-state index is 11.6. The lowest BCUT2D eigenvalue weighted by Crippen LogP contribution is -2.26. The Kier molecular flexibility index (Phi) is 7.32. The van der Waals surface area contributed by atoms with Crippen LogP contribution in [0, 0.1) is 0 Å². The molecule has 0 saturated heterocycles. The highest BCUT2D eigenvalue weighted by Gasteiger charge is 2.05. The average molecular weight is 263 g/mol. The van der Waals surface area contributed by atoms with E-state index in [1.54, 1.807) is 12.1 Å². The number of hydrogen-bond donors (Lipinski definition) is 0. The third-order valence-electron chi connectivity index (χ3n) is 2.67. The van der Waals surface area contributed by atoms with E-state index >= 15 is 0 Å². The third-order valence-corrected chi connectivity index (χ3v) is 2.67. The Bertz CT molecular complexity index is 462. The van der Waals surface area contributed by atoms with Crippen LogP contribution < -0.4 is 5.56 Å². The van der Waals surface area contributed by atoms with Crippen molar-refractivity contribution in [3.8, 4) is 0 Å². The Morgan fingerprint density at radius 2 is 2.05 bits per heavy atom. The van der Waals surface area contributed by atoms with Crippen molar-refractivity contribution in [3.63, 3.8) is 0 Å². The number of pyridine rings is 1. The van der Waals surface area contributed by atoms with Gasteiger partial charge in [-0.1, -0.05) is 38.0 Å². The summed E-state index contributed by atoms with van der Waals surface area (Å²) < 4.78 is 5.97. The maximum Gasteiger partial charge on any atom is 0.420 e. The minimum Gasteiger partial charge on any atom is -0.449 e. The fraction of sp³-hybridized carbons (Fsp3) is 0.467. The molecule has 4 heteroatoms. The van der Waals surface area contributed by atoms with E-state index in [1.165, 1.54) is 31.5 Å². The van der Waals surface area contributed by atoms with E-state index in [-0.39, 0.29) is 5.56 Å².